The number of amides is 1. The molecule has 8 heteroatoms. The summed E-state index contributed by atoms with van der Waals surface area (Å²) in [6.07, 6.45) is -0.165. The van der Waals surface area contributed by atoms with Gasteiger partial charge in [-0.05, 0) is 69.5 Å². The fourth-order valence-corrected chi connectivity index (χ4v) is 5.28. The van der Waals surface area contributed by atoms with Crippen molar-refractivity contribution in [3.05, 3.63) is 71.2 Å². The van der Waals surface area contributed by atoms with Gasteiger partial charge in [-0.15, -0.1) is 0 Å². The van der Waals surface area contributed by atoms with Gasteiger partial charge in [-0.2, -0.15) is 0 Å². The molecule has 2 heterocycles. The third-order valence-electron chi connectivity index (χ3n) is 7.31. The summed E-state index contributed by atoms with van der Waals surface area (Å²) in [4.78, 5) is 17.3. The number of benzene rings is 3. The number of para-hydroxylation sites is 1. The van der Waals surface area contributed by atoms with E-state index in [1.807, 2.05) is 57.5 Å². The van der Waals surface area contributed by atoms with Crippen LogP contribution in [0.25, 0.3) is 21.8 Å². The first kappa shape index (κ1) is 26.5. The number of piperidine rings is 1. The molecule has 0 spiro atoms. The number of carbonyl (C=O) groups is 1. The van der Waals surface area contributed by atoms with Crippen LogP contribution in [0.5, 0.6) is 11.5 Å². The number of rotatable bonds is 8. The van der Waals surface area contributed by atoms with Gasteiger partial charge in [0.2, 0.25) is 0 Å². The first-order chi connectivity index (χ1) is 18.3. The van der Waals surface area contributed by atoms with Gasteiger partial charge in [0.05, 0.1) is 5.52 Å². The van der Waals surface area contributed by atoms with Crippen molar-refractivity contribution in [2.75, 3.05) is 47.3 Å². The molecule has 38 heavy (non-hydrogen) atoms. The van der Waals surface area contributed by atoms with Crippen LogP contribution < -0.4 is 10.1 Å². The van der Waals surface area contributed by atoms with E-state index < -0.39 is 6.17 Å². The molecule has 1 amide bonds. The number of ether oxygens (including phenoxy) is 1. The Hall–Kier alpha value is -3.13. The van der Waals surface area contributed by atoms with Crippen LogP contribution in [0.2, 0.25) is 5.02 Å². The molecular weight excluding hydrogens is 503 g/mol. The number of hydrogen-bond acceptors (Lipinski definition) is 4. The monoisotopic (exact) mass is 536 g/mol. The van der Waals surface area contributed by atoms with Gasteiger partial charge in [-0.1, -0.05) is 29.8 Å². The Bertz CT molecular complexity index is 1440. The van der Waals surface area contributed by atoms with Crippen molar-refractivity contribution in [1.29, 1.82) is 0 Å². The summed E-state index contributed by atoms with van der Waals surface area (Å²) in [5.41, 5.74) is 2.41. The highest BCUT2D eigenvalue weighted by molar-refractivity contribution is 6.30. The average molecular weight is 537 g/mol. The summed E-state index contributed by atoms with van der Waals surface area (Å²) in [6.45, 7) is 3.06. The number of fused-ring (bicyclic) bond motifs is 3. The summed E-state index contributed by atoms with van der Waals surface area (Å²) in [5, 5.41) is 5.69. The molecule has 0 unspecified atom stereocenters. The first-order valence-corrected chi connectivity index (χ1v) is 13.4. The van der Waals surface area contributed by atoms with Gasteiger partial charge < -0.3 is 24.4 Å². The largest absolute Gasteiger partial charge is 0.455 e. The minimum Gasteiger partial charge on any atom is -0.455 e. The molecule has 4 aromatic rings. The van der Waals surface area contributed by atoms with Gasteiger partial charge >= 0.3 is 0 Å². The van der Waals surface area contributed by atoms with Crippen molar-refractivity contribution in [1.82, 2.24) is 19.7 Å². The van der Waals surface area contributed by atoms with E-state index in [1.54, 1.807) is 17.0 Å². The van der Waals surface area contributed by atoms with E-state index >= 15 is 0 Å². The lowest BCUT2D eigenvalue weighted by Crippen LogP contribution is -2.39. The Balaban J connectivity index is 1.66. The molecule has 0 aliphatic carbocycles. The van der Waals surface area contributed by atoms with Gasteiger partial charge in [-0.3, -0.25) is 4.79 Å². The predicted octanol–water partition coefficient (Wildman–Crippen LogP) is 5.82. The van der Waals surface area contributed by atoms with E-state index in [1.165, 1.54) is 0 Å². The molecule has 0 saturated carbocycles. The molecule has 3 aromatic carbocycles. The SMILES string of the molecule is CN(C)CCN(C)C(=O)c1cc(Oc2ccc(Cl)cc2)c2c(c1)c1ccccc1n2C[C@@H]1CCNC[C@H]1F. The zero-order valence-electron chi connectivity index (χ0n) is 22.1. The second-order valence-corrected chi connectivity index (χ2v) is 10.8. The maximum absolute atomic E-state index is 14.9. The van der Waals surface area contributed by atoms with Crippen LogP contribution in [-0.4, -0.2) is 73.8 Å². The number of likely N-dealkylation sites (N-methyl/N-ethyl adjacent to an activating group) is 2. The summed E-state index contributed by atoms with van der Waals surface area (Å²) < 4.78 is 23.5. The van der Waals surface area contributed by atoms with Crippen molar-refractivity contribution < 1.29 is 13.9 Å². The number of carbonyl (C=O) groups excluding carboxylic acids is 1. The molecule has 1 N–H and O–H groups in total. The predicted molar refractivity (Wildman–Crippen MR) is 152 cm³/mol. The van der Waals surface area contributed by atoms with Crippen LogP contribution in [-0.2, 0) is 6.54 Å². The van der Waals surface area contributed by atoms with E-state index in [-0.39, 0.29) is 11.8 Å². The molecule has 1 aliphatic heterocycles. The van der Waals surface area contributed by atoms with Gasteiger partial charge in [0.1, 0.15) is 11.9 Å². The normalized spacial score (nSPS) is 17.8. The molecule has 0 radical (unpaired) electrons. The molecule has 1 aromatic heterocycles. The summed E-state index contributed by atoms with van der Waals surface area (Å²) >= 11 is 6.11. The van der Waals surface area contributed by atoms with Crippen LogP contribution in [0.15, 0.2) is 60.7 Å². The van der Waals surface area contributed by atoms with Crippen LogP contribution in [0.1, 0.15) is 16.8 Å². The van der Waals surface area contributed by atoms with Crippen molar-refractivity contribution >= 4 is 39.3 Å². The summed E-state index contributed by atoms with van der Waals surface area (Å²) in [6, 6.07) is 19.0. The van der Waals surface area contributed by atoms with E-state index in [9.17, 15) is 9.18 Å². The summed E-state index contributed by atoms with van der Waals surface area (Å²) in [5.74, 6) is 0.990. The van der Waals surface area contributed by atoms with E-state index in [4.69, 9.17) is 16.3 Å². The average Bonchev–Trinajstić information content (AvgIpc) is 3.23. The fraction of sp³-hybridized carbons (Fsp3) is 0.367. The molecule has 5 rings (SSSR count). The zero-order valence-corrected chi connectivity index (χ0v) is 22.8. The number of hydrogen-bond donors (Lipinski definition) is 1. The molecule has 1 fully saturated rings. The maximum Gasteiger partial charge on any atom is 0.253 e. The van der Waals surface area contributed by atoms with E-state index in [2.05, 4.69) is 26.9 Å². The Morgan fingerprint density at radius 1 is 1.08 bits per heavy atom. The number of alkyl halides is 1. The topological polar surface area (TPSA) is 49.7 Å². The van der Waals surface area contributed by atoms with Crippen LogP contribution in [0.4, 0.5) is 4.39 Å². The number of nitrogens with one attached hydrogen (secondary N) is 1. The highest BCUT2D eigenvalue weighted by atomic mass is 35.5. The van der Waals surface area contributed by atoms with E-state index in [0.29, 0.717) is 41.7 Å². The van der Waals surface area contributed by atoms with Crippen molar-refractivity contribution in [3.63, 3.8) is 0 Å². The van der Waals surface area contributed by atoms with Crippen molar-refractivity contribution in [3.8, 4) is 11.5 Å². The lowest BCUT2D eigenvalue weighted by atomic mass is 9.96. The third-order valence-corrected chi connectivity index (χ3v) is 7.56. The number of nitrogens with zero attached hydrogens (tertiary/aromatic N) is 3. The van der Waals surface area contributed by atoms with Gasteiger partial charge in [0, 0.05) is 66.0 Å². The minimum absolute atomic E-state index is 0.0753. The van der Waals surface area contributed by atoms with Gasteiger partial charge in [0.15, 0.2) is 5.75 Å². The Morgan fingerprint density at radius 3 is 2.58 bits per heavy atom. The standard InChI is InChI=1S/C30H34ClFN4O2/c1-34(2)14-15-35(3)30(37)21-16-25-24-6-4-5-7-27(24)36(19-20-12-13-33-18-26(20)32)29(25)28(17-21)38-23-10-8-22(31)9-11-23/h4-11,16-17,20,26,33H,12-15,18-19H2,1-3H3/t20-,26+/m0/s1. The minimum atomic E-state index is -0.924. The first-order valence-electron chi connectivity index (χ1n) is 13.0. The fourth-order valence-electron chi connectivity index (χ4n) is 5.16. The highest BCUT2D eigenvalue weighted by Crippen LogP contribution is 2.39. The van der Waals surface area contributed by atoms with Gasteiger partial charge in [0.25, 0.3) is 5.91 Å². The molecule has 1 aliphatic rings. The molecule has 0 bridgehead atoms. The molecule has 2 atom stereocenters. The Morgan fingerprint density at radius 2 is 1.84 bits per heavy atom. The quantitative estimate of drug-likeness (QED) is 0.308. The molecule has 1 saturated heterocycles. The van der Waals surface area contributed by atoms with Crippen molar-refractivity contribution in [2.24, 2.45) is 5.92 Å². The number of halogens is 2. The Kier molecular flexibility index (Phi) is 7.88. The van der Waals surface area contributed by atoms with E-state index in [0.717, 1.165) is 41.3 Å². The summed E-state index contributed by atoms with van der Waals surface area (Å²) in [7, 11) is 5.79. The van der Waals surface area contributed by atoms with Crippen LogP contribution >= 0.6 is 11.6 Å². The highest BCUT2D eigenvalue weighted by Gasteiger charge is 2.28. The molecular formula is C30H34ClFN4O2. The third kappa shape index (κ3) is 5.51. The maximum atomic E-state index is 14.9. The Labute approximate surface area is 227 Å². The lowest BCUT2D eigenvalue weighted by Gasteiger charge is -2.28. The van der Waals surface area contributed by atoms with Crippen LogP contribution in [0, 0.1) is 5.92 Å². The smallest absolute Gasteiger partial charge is 0.253 e. The molecule has 200 valence electrons. The van der Waals surface area contributed by atoms with Crippen molar-refractivity contribution in [2.45, 2.75) is 19.1 Å². The molecule has 6 nitrogen and oxygen atoms in total. The second-order valence-electron chi connectivity index (χ2n) is 10.4. The lowest BCUT2D eigenvalue weighted by molar-refractivity contribution is 0.0786. The van der Waals surface area contributed by atoms with Gasteiger partial charge in [-0.25, -0.2) is 4.39 Å². The van der Waals surface area contributed by atoms with Crippen LogP contribution in [0.3, 0.4) is 0 Å². The number of aromatic nitrogens is 1. The second kappa shape index (κ2) is 11.3. The zero-order chi connectivity index (χ0) is 26.8.